The number of carbonyl (C=O) groups excluding carboxylic acids is 1. The molecular weight excluding hydrogens is 340 g/mol. The zero-order chi connectivity index (χ0) is 18.4. The molecule has 5 rings (SSSR count). The number of aromatic nitrogens is 4. The predicted molar refractivity (Wildman–Crippen MR) is 104 cm³/mol. The van der Waals surface area contributed by atoms with Crippen LogP contribution < -0.4 is 10.6 Å². The molecule has 0 radical (unpaired) electrons. The monoisotopic (exact) mass is 362 g/mol. The second-order valence-electron chi connectivity index (χ2n) is 7.45. The Kier molecular flexibility index (Phi) is 3.81. The van der Waals surface area contributed by atoms with Gasteiger partial charge in [0.25, 0.3) is 0 Å². The van der Waals surface area contributed by atoms with Crippen molar-refractivity contribution in [2.24, 2.45) is 7.05 Å². The van der Waals surface area contributed by atoms with Crippen molar-refractivity contribution in [2.75, 3.05) is 10.6 Å². The standard InChI is InChI=1S/C20H22N6O/c1-26-20-14(11-21-26)19(24-18(25-20)12-6-2-3-7-12)23-16-10-17(27)22-15-9-5-4-8-13(15)16/h4-5,8-9,11-12,16H,2-3,6-7,10H2,1H3,(H,22,27)(H,23,24,25)/t16-/m1/s1. The fourth-order valence-electron chi connectivity index (χ4n) is 4.22. The zero-order valence-electron chi connectivity index (χ0n) is 15.3. The number of rotatable bonds is 3. The number of aryl methyl sites for hydroxylation is 1. The van der Waals surface area contributed by atoms with Gasteiger partial charge in [-0.05, 0) is 24.5 Å². The Morgan fingerprint density at radius 1 is 1.19 bits per heavy atom. The lowest BCUT2D eigenvalue weighted by Crippen LogP contribution is -2.27. The van der Waals surface area contributed by atoms with E-state index in [1.54, 1.807) is 10.9 Å². The number of nitrogens with one attached hydrogen (secondary N) is 2. The van der Waals surface area contributed by atoms with Crippen molar-refractivity contribution in [1.29, 1.82) is 0 Å². The number of carbonyl (C=O) groups is 1. The minimum atomic E-state index is -0.121. The van der Waals surface area contributed by atoms with Gasteiger partial charge in [-0.15, -0.1) is 0 Å². The summed E-state index contributed by atoms with van der Waals surface area (Å²) in [7, 11) is 1.90. The molecule has 1 fully saturated rings. The molecule has 1 atom stereocenters. The van der Waals surface area contributed by atoms with Crippen molar-refractivity contribution in [3.05, 3.63) is 41.9 Å². The number of benzene rings is 1. The lowest BCUT2D eigenvalue weighted by Gasteiger charge is -2.27. The molecule has 1 aliphatic carbocycles. The Labute approximate surface area is 157 Å². The van der Waals surface area contributed by atoms with Crippen LogP contribution in [-0.2, 0) is 11.8 Å². The summed E-state index contributed by atoms with van der Waals surface area (Å²) >= 11 is 0. The number of amides is 1. The largest absolute Gasteiger partial charge is 0.362 e. The third kappa shape index (κ3) is 2.83. The number of fused-ring (bicyclic) bond motifs is 2. The zero-order valence-corrected chi connectivity index (χ0v) is 15.3. The fourth-order valence-corrected chi connectivity index (χ4v) is 4.22. The second kappa shape index (κ2) is 6.33. The van der Waals surface area contributed by atoms with Crippen LogP contribution in [0.25, 0.3) is 11.0 Å². The smallest absolute Gasteiger partial charge is 0.226 e. The molecule has 2 N–H and O–H groups in total. The third-order valence-electron chi connectivity index (χ3n) is 5.64. The lowest BCUT2D eigenvalue weighted by molar-refractivity contribution is -0.116. The first-order valence-corrected chi connectivity index (χ1v) is 9.54. The Morgan fingerprint density at radius 2 is 2.00 bits per heavy atom. The third-order valence-corrected chi connectivity index (χ3v) is 5.64. The summed E-state index contributed by atoms with van der Waals surface area (Å²) in [6, 6.07) is 7.79. The van der Waals surface area contributed by atoms with Crippen molar-refractivity contribution in [2.45, 2.75) is 44.1 Å². The Hall–Kier alpha value is -2.96. The fraction of sp³-hybridized carbons (Fsp3) is 0.400. The van der Waals surface area contributed by atoms with Crippen molar-refractivity contribution in [3.63, 3.8) is 0 Å². The first-order chi connectivity index (χ1) is 13.2. The SMILES string of the molecule is Cn1ncc2c(N[C@@H]3CC(=O)Nc4ccccc43)nc(C3CCCC3)nc21. The predicted octanol–water partition coefficient (Wildman–Crippen LogP) is 3.52. The van der Waals surface area contributed by atoms with Crippen LogP contribution in [0, 0.1) is 0 Å². The van der Waals surface area contributed by atoms with Gasteiger partial charge in [-0.25, -0.2) is 9.97 Å². The highest BCUT2D eigenvalue weighted by Gasteiger charge is 2.27. The van der Waals surface area contributed by atoms with Crippen LogP contribution >= 0.6 is 0 Å². The molecule has 1 saturated carbocycles. The molecule has 138 valence electrons. The minimum absolute atomic E-state index is 0.0127. The maximum atomic E-state index is 12.2. The van der Waals surface area contributed by atoms with Gasteiger partial charge >= 0.3 is 0 Å². The van der Waals surface area contributed by atoms with Gasteiger partial charge in [0.15, 0.2) is 5.65 Å². The molecule has 27 heavy (non-hydrogen) atoms. The van der Waals surface area contributed by atoms with Crippen molar-refractivity contribution < 1.29 is 4.79 Å². The average Bonchev–Trinajstić information content (AvgIpc) is 3.32. The molecule has 3 aromatic rings. The molecular formula is C20H22N6O. The van der Waals surface area contributed by atoms with Crippen LogP contribution in [0.4, 0.5) is 11.5 Å². The van der Waals surface area contributed by atoms with Gasteiger partial charge in [0.05, 0.1) is 24.0 Å². The van der Waals surface area contributed by atoms with E-state index in [4.69, 9.17) is 9.97 Å². The van der Waals surface area contributed by atoms with E-state index in [1.165, 1.54) is 12.8 Å². The van der Waals surface area contributed by atoms with Crippen LogP contribution in [0.3, 0.4) is 0 Å². The van der Waals surface area contributed by atoms with Gasteiger partial charge in [-0.3, -0.25) is 9.48 Å². The maximum absolute atomic E-state index is 12.2. The van der Waals surface area contributed by atoms with E-state index in [9.17, 15) is 4.79 Å². The van der Waals surface area contributed by atoms with E-state index in [0.717, 1.165) is 46.8 Å². The average molecular weight is 362 g/mol. The first-order valence-electron chi connectivity index (χ1n) is 9.54. The molecule has 0 spiro atoms. The van der Waals surface area contributed by atoms with Gasteiger partial charge in [0.2, 0.25) is 5.91 Å². The number of hydrogen-bond donors (Lipinski definition) is 2. The van der Waals surface area contributed by atoms with E-state index in [-0.39, 0.29) is 11.9 Å². The molecule has 3 heterocycles. The Balaban J connectivity index is 1.58. The van der Waals surface area contributed by atoms with Gasteiger partial charge in [0.1, 0.15) is 11.6 Å². The molecule has 2 aromatic heterocycles. The van der Waals surface area contributed by atoms with Crippen LogP contribution in [0.15, 0.2) is 30.5 Å². The number of anilines is 2. The molecule has 1 aromatic carbocycles. The summed E-state index contributed by atoms with van der Waals surface area (Å²) in [4.78, 5) is 21.9. The van der Waals surface area contributed by atoms with E-state index in [0.29, 0.717) is 12.3 Å². The first kappa shape index (κ1) is 16.2. The summed E-state index contributed by atoms with van der Waals surface area (Å²) in [6.07, 6.45) is 6.91. The van der Waals surface area contributed by atoms with Crippen molar-refractivity contribution >= 4 is 28.4 Å². The van der Waals surface area contributed by atoms with E-state index < -0.39 is 0 Å². The highest BCUT2D eigenvalue weighted by molar-refractivity contribution is 5.95. The van der Waals surface area contributed by atoms with E-state index in [2.05, 4.69) is 15.7 Å². The molecule has 1 aliphatic heterocycles. The summed E-state index contributed by atoms with van der Waals surface area (Å²) in [5.74, 6) is 2.08. The number of para-hydroxylation sites is 1. The normalized spacial score (nSPS) is 19.9. The molecule has 7 nitrogen and oxygen atoms in total. The van der Waals surface area contributed by atoms with Crippen molar-refractivity contribution in [3.8, 4) is 0 Å². The minimum Gasteiger partial charge on any atom is -0.362 e. The van der Waals surface area contributed by atoms with E-state index >= 15 is 0 Å². The summed E-state index contributed by atoms with van der Waals surface area (Å²) in [6.45, 7) is 0. The molecule has 7 heteroatoms. The lowest BCUT2D eigenvalue weighted by atomic mass is 9.97. The van der Waals surface area contributed by atoms with Gasteiger partial charge < -0.3 is 10.6 Å². The van der Waals surface area contributed by atoms with Gasteiger partial charge in [0, 0.05) is 18.7 Å². The Morgan fingerprint density at radius 3 is 2.85 bits per heavy atom. The van der Waals surface area contributed by atoms with Crippen LogP contribution in [-0.4, -0.2) is 25.7 Å². The molecule has 2 aliphatic rings. The molecule has 0 unspecified atom stereocenters. The number of hydrogen-bond acceptors (Lipinski definition) is 5. The number of nitrogens with zero attached hydrogens (tertiary/aromatic N) is 4. The molecule has 1 amide bonds. The quantitative estimate of drug-likeness (QED) is 0.745. The second-order valence-corrected chi connectivity index (χ2v) is 7.45. The van der Waals surface area contributed by atoms with E-state index in [1.807, 2.05) is 31.3 Å². The van der Waals surface area contributed by atoms with Crippen LogP contribution in [0.1, 0.15) is 55.5 Å². The van der Waals surface area contributed by atoms with Crippen molar-refractivity contribution in [1.82, 2.24) is 19.7 Å². The van der Waals surface area contributed by atoms with Crippen LogP contribution in [0.2, 0.25) is 0 Å². The summed E-state index contributed by atoms with van der Waals surface area (Å²) in [5.41, 5.74) is 2.77. The maximum Gasteiger partial charge on any atom is 0.226 e. The summed E-state index contributed by atoms with van der Waals surface area (Å²) in [5, 5.41) is 11.7. The highest BCUT2D eigenvalue weighted by Crippen LogP contribution is 2.36. The highest BCUT2D eigenvalue weighted by atomic mass is 16.1. The van der Waals surface area contributed by atoms with Gasteiger partial charge in [-0.1, -0.05) is 31.0 Å². The van der Waals surface area contributed by atoms with Gasteiger partial charge in [-0.2, -0.15) is 5.10 Å². The van der Waals surface area contributed by atoms with Crippen LogP contribution in [0.5, 0.6) is 0 Å². The Bertz CT molecular complexity index is 1020. The summed E-state index contributed by atoms with van der Waals surface area (Å²) < 4.78 is 1.79. The molecule has 0 saturated heterocycles. The molecule has 0 bridgehead atoms. The topological polar surface area (TPSA) is 84.7 Å².